The minimum absolute atomic E-state index is 0. The number of hydrogen-bond acceptors (Lipinski definition) is 2. The van der Waals surface area contributed by atoms with Gasteiger partial charge in [-0.05, 0) is 0 Å². The van der Waals surface area contributed by atoms with Crippen molar-refractivity contribution >= 4 is 18.1 Å². The van der Waals surface area contributed by atoms with Crippen molar-refractivity contribution < 1.29 is 8.78 Å². The summed E-state index contributed by atoms with van der Waals surface area (Å²) in [5.74, 6) is -1.47. The zero-order valence-corrected chi connectivity index (χ0v) is 5.66. The molecule has 0 spiro atoms. The Morgan fingerprint density at radius 1 is 1.40 bits per heavy atom. The van der Waals surface area contributed by atoms with Crippen molar-refractivity contribution in [2.75, 3.05) is 5.73 Å². The van der Waals surface area contributed by atoms with Crippen LogP contribution in [0.25, 0.3) is 0 Å². The smallest absolute Gasteiger partial charge is 0.236 e. The molecule has 10 heavy (non-hydrogen) atoms. The monoisotopic (exact) mass is 166 g/mol. The summed E-state index contributed by atoms with van der Waals surface area (Å²) < 4.78 is 24.1. The molecule has 1 aromatic heterocycles. The molecular formula is C5H5ClF2N2. The molecule has 1 rings (SSSR count). The average molecular weight is 167 g/mol. The van der Waals surface area contributed by atoms with Gasteiger partial charge in [0.1, 0.15) is 5.82 Å². The Labute approximate surface area is 62.5 Å². The Bertz CT molecular complexity index is 229. The van der Waals surface area contributed by atoms with Gasteiger partial charge in [0.25, 0.3) is 0 Å². The maximum Gasteiger partial charge on any atom is 0.236 e. The first-order valence-electron chi connectivity index (χ1n) is 2.26. The van der Waals surface area contributed by atoms with E-state index < -0.39 is 11.8 Å². The lowest BCUT2D eigenvalue weighted by Crippen LogP contribution is -1.93. The molecule has 1 heterocycles. The molecule has 5 heteroatoms. The molecular weight excluding hydrogens is 162 g/mol. The van der Waals surface area contributed by atoms with Crippen molar-refractivity contribution in [3.8, 4) is 0 Å². The lowest BCUT2D eigenvalue weighted by Gasteiger charge is -1.91. The van der Waals surface area contributed by atoms with Gasteiger partial charge in [-0.1, -0.05) is 0 Å². The molecule has 1 aromatic rings. The Balaban J connectivity index is 0.000000810. The minimum Gasteiger partial charge on any atom is -0.395 e. The van der Waals surface area contributed by atoms with Gasteiger partial charge in [0.2, 0.25) is 5.95 Å². The summed E-state index contributed by atoms with van der Waals surface area (Å²) in [4.78, 5) is 3.01. The summed E-state index contributed by atoms with van der Waals surface area (Å²) in [5, 5.41) is 0. The van der Waals surface area contributed by atoms with Crippen LogP contribution in [0.15, 0.2) is 12.3 Å². The Morgan fingerprint density at radius 3 is 2.40 bits per heavy atom. The number of nitrogens with two attached hydrogens (primary N) is 1. The number of aromatic nitrogens is 1. The number of nitrogen functional groups attached to an aromatic ring is 1. The Kier molecular flexibility index (Phi) is 3.02. The number of hydrogen-bond donors (Lipinski definition) is 1. The summed E-state index contributed by atoms with van der Waals surface area (Å²) in [7, 11) is 0. The first kappa shape index (κ1) is 9.10. The van der Waals surface area contributed by atoms with E-state index in [9.17, 15) is 8.78 Å². The third-order valence-electron chi connectivity index (χ3n) is 0.833. The Hall–Kier alpha value is -0.900. The summed E-state index contributed by atoms with van der Waals surface area (Å²) in [5.41, 5.74) is 4.67. The average Bonchev–Trinajstić information content (AvgIpc) is 1.80. The van der Waals surface area contributed by atoms with Crippen LogP contribution in [0.3, 0.4) is 0 Å². The van der Waals surface area contributed by atoms with E-state index in [-0.39, 0.29) is 18.1 Å². The lowest BCUT2D eigenvalue weighted by molar-refractivity contribution is 0.565. The lowest BCUT2D eigenvalue weighted by atomic mass is 10.4. The normalized spacial score (nSPS) is 8.60. The van der Waals surface area contributed by atoms with Gasteiger partial charge in [-0.25, -0.2) is 9.37 Å². The topological polar surface area (TPSA) is 38.9 Å². The fourth-order valence-corrected chi connectivity index (χ4v) is 0.438. The predicted molar refractivity (Wildman–Crippen MR) is 35.8 cm³/mol. The highest BCUT2D eigenvalue weighted by Crippen LogP contribution is 2.06. The molecule has 2 nitrogen and oxygen atoms in total. The van der Waals surface area contributed by atoms with Crippen LogP contribution in [0, 0.1) is 11.8 Å². The summed E-state index contributed by atoms with van der Waals surface area (Å²) in [6, 6.07) is 0.877. The molecule has 56 valence electrons. The second-order valence-electron chi connectivity index (χ2n) is 1.53. The van der Waals surface area contributed by atoms with Gasteiger partial charge in [-0.3, -0.25) is 0 Å². The van der Waals surface area contributed by atoms with Crippen molar-refractivity contribution in [3.05, 3.63) is 24.0 Å². The second kappa shape index (κ2) is 3.31. The van der Waals surface area contributed by atoms with E-state index in [0.29, 0.717) is 0 Å². The van der Waals surface area contributed by atoms with Gasteiger partial charge in [-0.2, -0.15) is 4.39 Å². The molecule has 0 aliphatic carbocycles. The van der Waals surface area contributed by atoms with Crippen molar-refractivity contribution in [1.29, 1.82) is 0 Å². The van der Waals surface area contributed by atoms with Gasteiger partial charge < -0.3 is 5.73 Å². The standard InChI is InChI=1S/C5H4F2N2.ClH/c6-3-1-4(8)5(7)9-2-3;/h1-2H,8H2;1H. The SMILES string of the molecule is Cl.Nc1cc(F)cnc1F. The van der Waals surface area contributed by atoms with Crippen LogP contribution in [-0.4, -0.2) is 4.98 Å². The fraction of sp³-hybridized carbons (Fsp3) is 0. The molecule has 0 aromatic carbocycles. The zero-order valence-electron chi connectivity index (χ0n) is 4.84. The van der Waals surface area contributed by atoms with Crippen molar-refractivity contribution in [1.82, 2.24) is 4.98 Å². The third-order valence-corrected chi connectivity index (χ3v) is 0.833. The Morgan fingerprint density at radius 2 is 2.00 bits per heavy atom. The first-order chi connectivity index (χ1) is 4.20. The number of halogens is 3. The van der Waals surface area contributed by atoms with Crippen molar-refractivity contribution in [2.45, 2.75) is 0 Å². The molecule has 0 radical (unpaired) electrons. The van der Waals surface area contributed by atoms with Gasteiger partial charge in [-0.15, -0.1) is 12.4 Å². The van der Waals surface area contributed by atoms with E-state index >= 15 is 0 Å². The molecule has 0 atom stereocenters. The van der Waals surface area contributed by atoms with Gasteiger partial charge in [0.05, 0.1) is 11.9 Å². The van der Waals surface area contributed by atoms with E-state index in [1.807, 2.05) is 0 Å². The van der Waals surface area contributed by atoms with Crippen LogP contribution < -0.4 is 5.73 Å². The van der Waals surface area contributed by atoms with E-state index in [1.165, 1.54) is 0 Å². The molecule has 0 bridgehead atoms. The summed E-state index contributed by atoms with van der Waals surface area (Å²) >= 11 is 0. The quantitative estimate of drug-likeness (QED) is 0.591. The maximum absolute atomic E-state index is 12.1. The summed E-state index contributed by atoms with van der Waals surface area (Å²) in [6.07, 6.45) is 0.770. The van der Waals surface area contributed by atoms with Crippen LogP contribution in [0.2, 0.25) is 0 Å². The largest absolute Gasteiger partial charge is 0.395 e. The third kappa shape index (κ3) is 1.80. The van der Waals surface area contributed by atoms with E-state index in [0.717, 1.165) is 12.3 Å². The van der Waals surface area contributed by atoms with Crippen LogP contribution in [0.1, 0.15) is 0 Å². The highest BCUT2D eigenvalue weighted by molar-refractivity contribution is 5.85. The van der Waals surface area contributed by atoms with Gasteiger partial charge in [0, 0.05) is 6.07 Å². The van der Waals surface area contributed by atoms with Crippen LogP contribution in [0.4, 0.5) is 14.5 Å². The van der Waals surface area contributed by atoms with E-state index in [1.54, 1.807) is 0 Å². The van der Waals surface area contributed by atoms with E-state index in [2.05, 4.69) is 4.98 Å². The van der Waals surface area contributed by atoms with E-state index in [4.69, 9.17) is 5.73 Å². The molecule has 0 fully saturated rings. The minimum atomic E-state index is -0.837. The highest BCUT2D eigenvalue weighted by Gasteiger charge is 1.98. The zero-order chi connectivity index (χ0) is 6.85. The first-order valence-corrected chi connectivity index (χ1v) is 2.26. The molecule has 0 saturated carbocycles. The van der Waals surface area contributed by atoms with Gasteiger partial charge in [0.15, 0.2) is 0 Å². The second-order valence-corrected chi connectivity index (χ2v) is 1.53. The molecule has 2 N–H and O–H groups in total. The van der Waals surface area contributed by atoms with Crippen LogP contribution >= 0.6 is 12.4 Å². The highest BCUT2D eigenvalue weighted by atomic mass is 35.5. The van der Waals surface area contributed by atoms with Crippen molar-refractivity contribution in [2.24, 2.45) is 0 Å². The summed E-state index contributed by atoms with van der Waals surface area (Å²) in [6.45, 7) is 0. The molecule has 0 aliphatic rings. The molecule has 0 unspecified atom stereocenters. The maximum atomic E-state index is 12.1. The number of nitrogens with zero attached hydrogens (tertiary/aromatic N) is 1. The molecule has 0 saturated heterocycles. The predicted octanol–water partition coefficient (Wildman–Crippen LogP) is 1.36. The van der Waals surface area contributed by atoms with Crippen molar-refractivity contribution in [3.63, 3.8) is 0 Å². The van der Waals surface area contributed by atoms with Crippen LogP contribution in [0.5, 0.6) is 0 Å². The van der Waals surface area contributed by atoms with Crippen LogP contribution in [-0.2, 0) is 0 Å². The van der Waals surface area contributed by atoms with Gasteiger partial charge >= 0.3 is 0 Å². The molecule has 0 amide bonds. The number of anilines is 1. The fourth-order valence-electron chi connectivity index (χ4n) is 0.438. The molecule has 0 aliphatic heterocycles. The number of pyridine rings is 1. The number of rotatable bonds is 0.